The Morgan fingerprint density at radius 1 is 1.18 bits per heavy atom. The lowest BCUT2D eigenvalue weighted by atomic mass is 10.3. The molecule has 5 nitrogen and oxygen atoms in total. The van der Waals surface area contributed by atoms with E-state index in [0.717, 1.165) is 25.9 Å². The van der Waals surface area contributed by atoms with Gasteiger partial charge in [0.25, 0.3) is 0 Å². The highest BCUT2D eigenvalue weighted by Gasteiger charge is 2.35. The third kappa shape index (κ3) is 8.70. The predicted octanol–water partition coefficient (Wildman–Crippen LogP) is 1.32. The van der Waals surface area contributed by atoms with Crippen molar-refractivity contribution in [3.8, 4) is 0 Å². The van der Waals surface area contributed by atoms with Crippen molar-refractivity contribution in [3.05, 3.63) is 0 Å². The minimum absolute atomic E-state index is 0.0532. The van der Waals surface area contributed by atoms with Gasteiger partial charge in [0.2, 0.25) is 0 Å². The maximum Gasteiger partial charge on any atom is 0.498 e. The van der Waals surface area contributed by atoms with Crippen LogP contribution < -0.4 is 11.1 Å². The summed E-state index contributed by atoms with van der Waals surface area (Å²) in [5, 5.41) is 3.29. The van der Waals surface area contributed by atoms with Crippen molar-refractivity contribution < 1.29 is 13.3 Å². The Labute approximate surface area is 106 Å². The molecule has 6 heteroatoms. The number of hydrogen-bond donors (Lipinski definition) is 2. The van der Waals surface area contributed by atoms with E-state index >= 15 is 0 Å². The second-order valence-electron chi connectivity index (χ2n) is 3.94. The van der Waals surface area contributed by atoms with E-state index in [1.807, 2.05) is 27.3 Å². The molecular formula is C11H28N2O3Si. The molecule has 0 fully saturated rings. The molecule has 0 radical (unpaired) electrons. The van der Waals surface area contributed by atoms with Crippen LogP contribution >= 0.6 is 0 Å². The van der Waals surface area contributed by atoms with Gasteiger partial charge in [-0.3, -0.25) is 5.32 Å². The lowest BCUT2D eigenvalue weighted by molar-refractivity contribution is 0.0323. The fourth-order valence-electron chi connectivity index (χ4n) is 1.57. The van der Waals surface area contributed by atoms with E-state index in [4.69, 9.17) is 19.0 Å². The van der Waals surface area contributed by atoms with Crippen molar-refractivity contribution in [2.75, 3.05) is 26.3 Å². The van der Waals surface area contributed by atoms with Gasteiger partial charge in [0.05, 0.1) is 6.23 Å². The lowest BCUT2D eigenvalue weighted by Gasteiger charge is -2.28. The summed E-state index contributed by atoms with van der Waals surface area (Å²) < 4.78 is 17.1. The van der Waals surface area contributed by atoms with E-state index in [0.29, 0.717) is 13.2 Å². The Morgan fingerprint density at radius 3 is 2.24 bits per heavy atom. The number of nitrogens with two attached hydrogens (primary N) is 1. The lowest BCUT2D eigenvalue weighted by Crippen LogP contribution is -2.48. The molecule has 17 heavy (non-hydrogen) atoms. The van der Waals surface area contributed by atoms with Crippen LogP contribution in [0.1, 0.15) is 33.6 Å². The highest BCUT2D eigenvalue weighted by atomic mass is 28.4. The molecule has 0 aliphatic rings. The molecule has 1 atom stereocenters. The molecule has 0 aromatic rings. The summed E-state index contributed by atoms with van der Waals surface area (Å²) >= 11 is 0. The van der Waals surface area contributed by atoms with Crippen LogP contribution in [0.4, 0.5) is 0 Å². The van der Waals surface area contributed by atoms with Crippen LogP contribution in [0.15, 0.2) is 0 Å². The molecule has 0 saturated carbocycles. The van der Waals surface area contributed by atoms with E-state index in [-0.39, 0.29) is 6.23 Å². The van der Waals surface area contributed by atoms with Crippen LogP contribution in [0.25, 0.3) is 0 Å². The zero-order valence-electron chi connectivity index (χ0n) is 11.6. The van der Waals surface area contributed by atoms with Crippen molar-refractivity contribution in [1.29, 1.82) is 0 Å². The predicted molar refractivity (Wildman–Crippen MR) is 71.7 cm³/mol. The molecule has 0 spiro atoms. The molecule has 0 saturated heterocycles. The van der Waals surface area contributed by atoms with E-state index in [1.54, 1.807) is 0 Å². The van der Waals surface area contributed by atoms with Crippen molar-refractivity contribution >= 4 is 8.80 Å². The van der Waals surface area contributed by atoms with Gasteiger partial charge < -0.3 is 19.0 Å². The maximum absolute atomic E-state index is 5.85. The smallest absolute Gasteiger partial charge is 0.374 e. The van der Waals surface area contributed by atoms with Gasteiger partial charge in [0.15, 0.2) is 0 Å². The molecule has 0 heterocycles. The quantitative estimate of drug-likeness (QED) is 0.335. The van der Waals surface area contributed by atoms with Gasteiger partial charge in [-0.2, -0.15) is 0 Å². The molecule has 0 aliphatic heterocycles. The fraction of sp³-hybridized carbons (Fsp3) is 1.00. The van der Waals surface area contributed by atoms with Crippen molar-refractivity contribution in [3.63, 3.8) is 0 Å². The maximum atomic E-state index is 5.85. The molecule has 0 aromatic heterocycles. The largest absolute Gasteiger partial charge is 0.498 e. The standard InChI is InChI=1S/C11H28N2O3Si/c1-5-14-17(4,15-6-2)16-11(3)13-10-8-7-9-12/h11,13H,5-10,12H2,1-4H3. The number of hydrogen-bond acceptors (Lipinski definition) is 5. The fourth-order valence-corrected chi connectivity index (χ4v) is 3.57. The van der Waals surface area contributed by atoms with Gasteiger partial charge in [0, 0.05) is 19.8 Å². The molecule has 0 aromatic carbocycles. The molecule has 104 valence electrons. The van der Waals surface area contributed by atoms with E-state index in [9.17, 15) is 0 Å². The molecule has 1 unspecified atom stereocenters. The van der Waals surface area contributed by atoms with Gasteiger partial charge in [-0.1, -0.05) is 0 Å². The van der Waals surface area contributed by atoms with Crippen molar-refractivity contribution in [2.24, 2.45) is 5.73 Å². The van der Waals surface area contributed by atoms with Gasteiger partial charge >= 0.3 is 8.80 Å². The summed E-state index contributed by atoms with van der Waals surface area (Å²) in [5.41, 5.74) is 5.43. The third-order valence-corrected chi connectivity index (χ3v) is 4.67. The van der Waals surface area contributed by atoms with Gasteiger partial charge in [-0.25, -0.2) is 0 Å². The van der Waals surface area contributed by atoms with Crippen LogP contribution in [0, 0.1) is 0 Å². The zero-order chi connectivity index (χ0) is 13.1. The topological polar surface area (TPSA) is 65.7 Å². The van der Waals surface area contributed by atoms with Crippen LogP contribution in [-0.2, 0) is 13.3 Å². The molecular weight excluding hydrogens is 236 g/mol. The van der Waals surface area contributed by atoms with Gasteiger partial charge in [-0.05, 0) is 46.7 Å². The zero-order valence-corrected chi connectivity index (χ0v) is 12.6. The molecule has 0 amide bonds. The summed E-state index contributed by atoms with van der Waals surface area (Å²) in [6, 6.07) is 0. The second-order valence-corrected chi connectivity index (χ2v) is 6.48. The first-order chi connectivity index (χ1) is 8.08. The molecule has 0 aliphatic carbocycles. The summed E-state index contributed by atoms with van der Waals surface area (Å²) in [5.74, 6) is 0. The van der Waals surface area contributed by atoms with Gasteiger partial charge in [0.1, 0.15) is 0 Å². The summed E-state index contributed by atoms with van der Waals surface area (Å²) in [6.45, 7) is 10.7. The third-order valence-electron chi connectivity index (χ3n) is 2.27. The number of unbranched alkanes of at least 4 members (excludes halogenated alkanes) is 1. The number of nitrogens with one attached hydrogen (secondary N) is 1. The Hall–Kier alpha value is 0.0169. The Balaban J connectivity index is 3.90. The molecule has 3 N–H and O–H groups in total. The average molecular weight is 264 g/mol. The highest BCUT2D eigenvalue weighted by molar-refractivity contribution is 6.59. The Kier molecular flexibility index (Phi) is 10.00. The normalized spacial score (nSPS) is 13.9. The molecule has 0 bridgehead atoms. The summed E-state index contributed by atoms with van der Waals surface area (Å²) in [6.07, 6.45) is 2.04. The first-order valence-electron chi connectivity index (χ1n) is 6.47. The van der Waals surface area contributed by atoms with Crippen molar-refractivity contribution in [1.82, 2.24) is 5.32 Å². The van der Waals surface area contributed by atoms with Crippen molar-refractivity contribution in [2.45, 2.75) is 46.4 Å². The summed E-state index contributed by atoms with van der Waals surface area (Å²) in [7, 11) is -2.47. The summed E-state index contributed by atoms with van der Waals surface area (Å²) in [4.78, 5) is 0. The van der Waals surface area contributed by atoms with Crippen LogP contribution in [0.5, 0.6) is 0 Å². The Bertz CT molecular complexity index is 178. The van der Waals surface area contributed by atoms with E-state index in [1.165, 1.54) is 0 Å². The van der Waals surface area contributed by atoms with Crippen LogP contribution in [0.3, 0.4) is 0 Å². The first-order valence-corrected chi connectivity index (χ1v) is 8.69. The van der Waals surface area contributed by atoms with Gasteiger partial charge in [-0.15, -0.1) is 0 Å². The SMILES string of the molecule is CCO[Si](C)(OCC)OC(C)NCCCCN. The average Bonchev–Trinajstić information content (AvgIpc) is 2.24. The minimum Gasteiger partial charge on any atom is -0.374 e. The van der Waals surface area contributed by atoms with Crippen LogP contribution in [-0.4, -0.2) is 41.3 Å². The Morgan fingerprint density at radius 2 is 1.76 bits per heavy atom. The second kappa shape index (κ2) is 9.99. The number of rotatable bonds is 11. The monoisotopic (exact) mass is 264 g/mol. The van der Waals surface area contributed by atoms with E-state index in [2.05, 4.69) is 5.32 Å². The van der Waals surface area contributed by atoms with E-state index < -0.39 is 8.80 Å². The minimum atomic E-state index is -2.47. The highest BCUT2D eigenvalue weighted by Crippen LogP contribution is 2.11. The van der Waals surface area contributed by atoms with Crippen LogP contribution in [0.2, 0.25) is 6.55 Å². The molecule has 0 rings (SSSR count). The first kappa shape index (κ1) is 17.0.